The number of nitrogens with one attached hydrogen (secondary N) is 1. The number of thioether (sulfide) groups is 1. The number of aromatic nitrogens is 2. The van der Waals surface area contributed by atoms with Gasteiger partial charge in [0.1, 0.15) is 17.6 Å². The van der Waals surface area contributed by atoms with Crippen LogP contribution in [0.3, 0.4) is 0 Å². The van der Waals surface area contributed by atoms with Crippen molar-refractivity contribution in [2.75, 3.05) is 24.7 Å². The highest BCUT2D eigenvalue weighted by atomic mass is 35.5. The van der Waals surface area contributed by atoms with E-state index in [0.717, 1.165) is 12.4 Å². The first-order valence-corrected chi connectivity index (χ1v) is 7.47. The van der Waals surface area contributed by atoms with Crippen LogP contribution in [0.5, 0.6) is 0 Å². The third-order valence-corrected chi connectivity index (χ3v) is 3.87. The molecule has 0 aliphatic carbocycles. The van der Waals surface area contributed by atoms with E-state index in [0.29, 0.717) is 24.2 Å². The molecule has 0 saturated heterocycles. The van der Waals surface area contributed by atoms with Gasteiger partial charge < -0.3 is 10.1 Å². The lowest BCUT2D eigenvalue weighted by molar-refractivity contribution is 0.128. The second-order valence-corrected chi connectivity index (χ2v) is 6.35. The van der Waals surface area contributed by atoms with Gasteiger partial charge in [0.05, 0.1) is 0 Å². The molecule has 0 aliphatic rings. The lowest BCUT2D eigenvalue weighted by atomic mass is 10.2. The Kier molecular flexibility index (Phi) is 6.18. The zero-order valence-electron chi connectivity index (χ0n) is 11.3. The minimum Gasteiger partial charge on any atom is -0.374 e. The molecule has 1 rings (SSSR count). The van der Waals surface area contributed by atoms with Crippen molar-refractivity contribution in [2.24, 2.45) is 0 Å². The summed E-state index contributed by atoms with van der Waals surface area (Å²) in [5.74, 6) is 1.35. The van der Waals surface area contributed by atoms with Gasteiger partial charge in [-0.25, -0.2) is 9.97 Å². The van der Waals surface area contributed by atoms with Crippen molar-refractivity contribution >= 4 is 29.2 Å². The lowest BCUT2D eigenvalue weighted by Crippen LogP contribution is -2.26. The molecule has 0 bridgehead atoms. The number of anilines is 1. The van der Waals surface area contributed by atoms with Crippen molar-refractivity contribution < 1.29 is 4.74 Å². The van der Waals surface area contributed by atoms with Gasteiger partial charge in [-0.05, 0) is 27.0 Å². The monoisotopic (exact) mass is 289 g/mol. The van der Waals surface area contributed by atoms with Crippen molar-refractivity contribution in [1.29, 1.82) is 0 Å². The normalized spacial score (nSPS) is 11.6. The summed E-state index contributed by atoms with van der Waals surface area (Å²) in [6.07, 6.45) is 2.09. The Balaban J connectivity index is 2.68. The van der Waals surface area contributed by atoms with Crippen molar-refractivity contribution in [3.05, 3.63) is 17.0 Å². The summed E-state index contributed by atoms with van der Waals surface area (Å²) in [6, 6.07) is 1.73. The Morgan fingerprint density at radius 1 is 1.44 bits per heavy atom. The highest BCUT2D eigenvalue weighted by molar-refractivity contribution is 7.99. The number of halogens is 1. The highest BCUT2D eigenvalue weighted by Crippen LogP contribution is 2.22. The predicted octanol–water partition coefficient (Wildman–Crippen LogP) is 3.22. The van der Waals surface area contributed by atoms with Crippen molar-refractivity contribution in [2.45, 2.75) is 32.1 Å². The zero-order chi connectivity index (χ0) is 13.6. The molecule has 0 aliphatic heterocycles. The van der Waals surface area contributed by atoms with Gasteiger partial charge in [0, 0.05) is 24.0 Å². The topological polar surface area (TPSA) is 47.0 Å². The number of nitrogens with zero attached hydrogens (tertiary/aromatic N) is 2. The molecule has 0 aromatic carbocycles. The molecule has 1 aromatic heterocycles. The highest BCUT2D eigenvalue weighted by Gasteiger charge is 2.16. The third kappa shape index (κ3) is 5.42. The van der Waals surface area contributed by atoms with E-state index in [4.69, 9.17) is 16.3 Å². The molecular weight excluding hydrogens is 270 g/mol. The van der Waals surface area contributed by atoms with Crippen LogP contribution in [0.25, 0.3) is 0 Å². The summed E-state index contributed by atoms with van der Waals surface area (Å²) >= 11 is 7.77. The van der Waals surface area contributed by atoms with E-state index >= 15 is 0 Å². The van der Waals surface area contributed by atoms with Gasteiger partial charge in [-0.15, -0.1) is 0 Å². The fourth-order valence-electron chi connectivity index (χ4n) is 1.19. The van der Waals surface area contributed by atoms with E-state index in [-0.39, 0.29) is 4.75 Å². The van der Waals surface area contributed by atoms with Gasteiger partial charge in [-0.2, -0.15) is 11.8 Å². The number of hydrogen-bond donors (Lipinski definition) is 1. The van der Waals surface area contributed by atoms with Crippen LogP contribution in [0.2, 0.25) is 5.15 Å². The molecule has 1 N–H and O–H groups in total. The maximum atomic E-state index is 5.96. The first kappa shape index (κ1) is 15.5. The Hall–Kier alpha value is -0.520. The van der Waals surface area contributed by atoms with Crippen LogP contribution in [-0.4, -0.2) is 34.1 Å². The van der Waals surface area contributed by atoms with Crippen molar-refractivity contribution in [3.63, 3.8) is 0 Å². The summed E-state index contributed by atoms with van der Waals surface area (Å²) in [5.41, 5.74) is 0. The SMILES string of the molecule is CCOCc1nc(Cl)cc(NCC(C)(C)SC)n1. The molecule has 0 radical (unpaired) electrons. The molecule has 0 spiro atoms. The van der Waals surface area contributed by atoms with Crippen molar-refractivity contribution in [3.8, 4) is 0 Å². The van der Waals surface area contributed by atoms with Crippen LogP contribution < -0.4 is 5.32 Å². The Labute approximate surface area is 118 Å². The van der Waals surface area contributed by atoms with Gasteiger partial charge in [-0.1, -0.05) is 11.6 Å². The largest absolute Gasteiger partial charge is 0.374 e. The quantitative estimate of drug-likeness (QED) is 0.781. The summed E-state index contributed by atoms with van der Waals surface area (Å²) in [6.45, 7) is 8.12. The van der Waals surface area contributed by atoms with E-state index in [1.807, 2.05) is 6.92 Å². The molecule has 0 saturated carbocycles. The number of ether oxygens (including phenoxy) is 1. The Morgan fingerprint density at radius 2 is 2.17 bits per heavy atom. The Morgan fingerprint density at radius 3 is 2.78 bits per heavy atom. The minimum atomic E-state index is 0.150. The second kappa shape index (κ2) is 7.16. The van der Waals surface area contributed by atoms with Gasteiger partial charge in [0.2, 0.25) is 0 Å². The smallest absolute Gasteiger partial charge is 0.158 e. The summed E-state index contributed by atoms with van der Waals surface area (Å²) in [5, 5.41) is 3.72. The van der Waals surface area contributed by atoms with Crippen LogP contribution in [0.4, 0.5) is 5.82 Å². The summed E-state index contributed by atoms with van der Waals surface area (Å²) in [4.78, 5) is 8.49. The van der Waals surface area contributed by atoms with Gasteiger partial charge in [0.15, 0.2) is 5.82 Å². The predicted molar refractivity (Wildman–Crippen MR) is 78.5 cm³/mol. The van der Waals surface area contributed by atoms with Crippen LogP contribution in [0.1, 0.15) is 26.6 Å². The number of rotatable bonds is 7. The van der Waals surface area contributed by atoms with Crippen LogP contribution in [0, 0.1) is 0 Å². The first-order chi connectivity index (χ1) is 8.46. The Bertz CT molecular complexity index is 388. The van der Waals surface area contributed by atoms with E-state index in [1.54, 1.807) is 17.8 Å². The van der Waals surface area contributed by atoms with E-state index < -0.39 is 0 Å². The van der Waals surface area contributed by atoms with Crippen LogP contribution in [0.15, 0.2) is 6.07 Å². The van der Waals surface area contributed by atoms with Crippen LogP contribution in [-0.2, 0) is 11.3 Å². The maximum absolute atomic E-state index is 5.96. The fraction of sp³-hybridized carbons (Fsp3) is 0.667. The van der Waals surface area contributed by atoms with Gasteiger partial charge in [0.25, 0.3) is 0 Å². The average molecular weight is 290 g/mol. The number of hydrogen-bond acceptors (Lipinski definition) is 5. The molecule has 4 nitrogen and oxygen atoms in total. The molecule has 0 atom stereocenters. The first-order valence-electron chi connectivity index (χ1n) is 5.87. The third-order valence-electron chi connectivity index (χ3n) is 2.42. The molecule has 0 amide bonds. The van der Waals surface area contributed by atoms with E-state index in [2.05, 4.69) is 35.4 Å². The summed E-state index contributed by atoms with van der Waals surface area (Å²) in [7, 11) is 0. The molecule has 0 unspecified atom stereocenters. The standard InChI is InChI=1S/C12H20ClN3OS/c1-5-17-7-11-15-9(13)6-10(16-11)14-8-12(2,3)18-4/h6H,5,7-8H2,1-4H3,(H,14,15,16). The molecule has 1 heterocycles. The molecule has 1 aromatic rings. The van der Waals surface area contributed by atoms with Crippen LogP contribution >= 0.6 is 23.4 Å². The molecular formula is C12H20ClN3OS. The molecule has 18 heavy (non-hydrogen) atoms. The average Bonchev–Trinajstić information content (AvgIpc) is 2.33. The zero-order valence-corrected chi connectivity index (χ0v) is 12.9. The fourth-order valence-corrected chi connectivity index (χ4v) is 1.61. The molecule has 102 valence electrons. The summed E-state index contributed by atoms with van der Waals surface area (Å²) < 4.78 is 5.43. The molecule has 0 fully saturated rings. The van der Waals surface area contributed by atoms with Gasteiger partial charge >= 0.3 is 0 Å². The van der Waals surface area contributed by atoms with Gasteiger partial charge in [-0.3, -0.25) is 0 Å². The molecule has 6 heteroatoms. The minimum absolute atomic E-state index is 0.150. The lowest BCUT2D eigenvalue weighted by Gasteiger charge is -2.22. The second-order valence-electron chi connectivity index (χ2n) is 4.45. The van der Waals surface area contributed by atoms with E-state index in [1.165, 1.54) is 0 Å². The van der Waals surface area contributed by atoms with E-state index in [9.17, 15) is 0 Å². The maximum Gasteiger partial charge on any atom is 0.158 e. The van der Waals surface area contributed by atoms with Crippen molar-refractivity contribution in [1.82, 2.24) is 9.97 Å².